The van der Waals surface area contributed by atoms with Crippen LogP contribution in [0.1, 0.15) is 17.2 Å². The number of aromatic hydroxyl groups is 1. The Hall–Kier alpha value is -4.31. The summed E-state index contributed by atoms with van der Waals surface area (Å²) in [6.45, 7) is 0. The van der Waals surface area contributed by atoms with Gasteiger partial charge in [-0.1, -0.05) is 54.6 Å². The van der Waals surface area contributed by atoms with E-state index in [2.05, 4.69) is 10.6 Å². The highest BCUT2D eigenvalue weighted by Gasteiger charge is 2.51. The highest BCUT2D eigenvalue weighted by Crippen LogP contribution is 2.40. The third kappa shape index (κ3) is 4.40. The Balaban J connectivity index is 2.32. The molecule has 0 fully saturated rings. The molecule has 32 heavy (non-hydrogen) atoms. The fourth-order valence-electron chi connectivity index (χ4n) is 3.52. The van der Waals surface area contributed by atoms with Gasteiger partial charge in [0.2, 0.25) is 0 Å². The summed E-state index contributed by atoms with van der Waals surface area (Å²) in [5, 5.41) is 16.1. The molecule has 6 nitrogen and oxygen atoms in total. The van der Waals surface area contributed by atoms with E-state index in [0.29, 0.717) is 11.1 Å². The van der Waals surface area contributed by atoms with Crippen molar-refractivity contribution < 1.29 is 23.8 Å². The second kappa shape index (κ2) is 9.67. The van der Waals surface area contributed by atoms with Crippen LogP contribution in [0, 0.1) is 18.2 Å². The number of carbonyl (C=O) groups is 2. The SMILES string of the molecule is C#CC(=O)N[C@@](C(=O)OC)(c1ccccc1)[C@@H](Nc1ccccc1O)c1ccc(F)cc1. The van der Waals surface area contributed by atoms with Crippen LogP contribution in [-0.2, 0) is 19.9 Å². The van der Waals surface area contributed by atoms with Gasteiger partial charge in [0.05, 0.1) is 18.8 Å². The van der Waals surface area contributed by atoms with Crippen LogP contribution in [0.4, 0.5) is 10.1 Å². The topological polar surface area (TPSA) is 87.7 Å². The maximum atomic E-state index is 13.7. The van der Waals surface area contributed by atoms with Crippen LogP contribution in [-0.4, -0.2) is 24.1 Å². The predicted molar refractivity (Wildman–Crippen MR) is 118 cm³/mol. The number of carbonyl (C=O) groups excluding carboxylic acids is 2. The van der Waals surface area contributed by atoms with E-state index in [4.69, 9.17) is 11.2 Å². The quantitative estimate of drug-likeness (QED) is 0.302. The number of ether oxygens (including phenoxy) is 1. The van der Waals surface area contributed by atoms with E-state index in [0.717, 1.165) is 0 Å². The minimum absolute atomic E-state index is 0.0882. The molecule has 0 unspecified atom stereocenters. The zero-order valence-electron chi connectivity index (χ0n) is 17.2. The number of benzene rings is 3. The number of halogens is 1. The number of hydrogen-bond acceptors (Lipinski definition) is 5. The Morgan fingerprint density at radius 2 is 1.66 bits per heavy atom. The lowest BCUT2D eigenvalue weighted by atomic mass is 9.78. The van der Waals surface area contributed by atoms with Crippen molar-refractivity contribution in [3.05, 3.63) is 95.8 Å². The Bertz CT molecular complexity index is 1140. The molecule has 0 heterocycles. The number of nitrogens with one attached hydrogen (secondary N) is 2. The fraction of sp³-hybridized carbons (Fsp3) is 0.120. The van der Waals surface area contributed by atoms with Crippen molar-refractivity contribution in [3.63, 3.8) is 0 Å². The van der Waals surface area contributed by atoms with Crippen molar-refractivity contribution in [3.8, 4) is 18.1 Å². The lowest BCUT2D eigenvalue weighted by Gasteiger charge is -2.40. The first-order valence-corrected chi connectivity index (χ1v) is 9.65. The first-order chi connectivity index (χ1) is 15.4. The fourth-order valence-corrected chi connectivity index (χ4v) is 3.52. The average molecular weight is 432 g/mol. The summed E-state index contributed by atoms with van der Waals surface area (Å²) in [6, 6.07) is 19.1. The molecule has 0 bridgehead atoms. The Morgan fingerprint density at radius 1 is 1.03 bits per heavy atom. The number of esters is 1. The van der Waals surface area contributed by atoms with Gasteiger partial charge < -0.3 is 20.5 Å². The lowest BCUT2D eigenvalue weighted by Crippen LogP contribution is -2.58. The number of phenolic OH excluding ortho intramolecular Hbond substituents is 1. The number of para-hydroxylation sites is 2. The van der Waals surface area contributed by atoms with Crippen LogP contribution in [0.5, 0.6) is 5.75 Å². The molecule has 3 rings (SSSR count). The first kappa shape index (κ1) is 22.4. The smallest absolute Gasteiger partial charge is 0.338 e. The average Bonchev–Trinajstić information content (AvgIpc) is 2.83. The van der Waals surface area contributed by atoms with Crippen molar-refractivity contribution in [1.82, 2.24) is 5.32 Å². The van der Waals surface area contributed by atoms with E-state index in [1.54, 1.807) is 48.5 Å². The summed E-state index contributed by atoms with van der Waals surface area (Å²) in [5.41, 5.74) is -0.783. The van der Waals surface area contributed by atoms with E-state index < -0.39 is 29.3 Å². The number of anilines is 1. The van der Waals surface area contributed by atoms with Crippen LogP contribution in [0.2, 0.25) is 0 Å². The van der Waals surface area contributed by atoms with Gasteiger partial charge in [-0.15, -0.1) is 6.42 Å². The first-order valence-electron chi connectivity index (χ1n) is 9.65. The Labute approximate surface area is 185 Å². The molecule has 0 radical (unpaired) electrons. The summed E-state index contributed by atoms with van der Waals surface area (Å²) in [7, 11) is 1.18. The maximum Gasteiger partial charge on any atom is 0.338 e. The molecule has 0 aromatic heterocycles. The second-order valence-corrected chi connectivity index (χ2v) is 6.91. The molecule has 0 saturated heterocycles. The van der Waals surface area contributed by atoms with Crippen molar-refractivity contribution in [2.24, 2.45) is 0 Å². The summed E-state index contributed by atoms with van der Waals surface area (Å²) >= 11 is 0. The number of methoxy groups -OCH3 is 1. The maximum absolute atomic E-state index is 13.7. The van der Waals surface area contributed by atoms with Gasteiger partial charge in [-0.05, 0) is 41.3 Å². The van der Waals surface area contributed by atoms with Crippen molar-refractivity contribution in [1.29, 1.82) is 0 Å². The van der Waals surface area contributed by atoms with Crippen LogP contribution in [0.15, 0.2) is 78.9 Å². The summed E-state index contributed by atoms with van der Waals surface area (Å²) in [6.07, 6.45) is 5.31. The molecule has 162 valence electrons. The molecule has 3 aromatic rings. The molecular weight excluding hydrogens is 411 g/mol. The number of hydrogen-bond donors (Lipinski definition) is 3. The summed E-state index contributed by atoms with van der Waals surface area (Å²) in [5.74, 6) is -0.275. The molecular formula is C25H21FN2O4. The zero-order chi connectivity index (χ0) is 23.1. The summed E-state index contributed by atoms with van der Waals surface area (Å²) < 4.78 is 18.8. The van der Waals surface area contributed by atoms with Crippen molar-refractivity contribution >= 4 is 17.6 Å². The Morgan fingerprint density at radius 3 is 2.25 bits per heavy atom. The van der Waals surface area contributed by atoms with E-state index in [-0.39, 0.29) is 11.4 Å². The van der Waals surface area contributed by atoms with Crippen molar-refractivity contribution in [2.75, 3.05) is 12.4 Å². The number of amides is 1. The van der Waals surface area contributed by atoms with E-state index in [9.17, 15) is 19.1 Å². The molecule has 0 aliphatic heterocycles. The van der Waals surface area contributed by atoms with Crippen LogP contribution >= 0.6 is 0 Å². The highest BCUT2D eigenvalue weighted by molar-refractivity contribution is 5.98. The number of phenols is 1. The molecule has 0 aliphatic rings. The van der Waals surface area contributed by atoms with Crippen molar-refractivity contribution in [2.45, 2.75) is 11.6 Å². The predicted octanol–water partition coefficient (Wildman–Crippen LogP) is 3.50. The summed E-state index contributed by atoms with van der Waals surface area (Å²) in [4.78, 5) is 25.8. The van der Waals surface area contributed by atoms with Gasteiger partial charge >= 0.3 is 5.97 Å². The molecule has 0 saturated carbocycles. The number of rotatable bonds is 7. The second-order valence-electron chi connectivity index (χ2n) is 6.91. The molecule has 0 spiro atoms. The third-order valence-corrected chi connectivity index (χ3v) is 5.02. The normalized spacial score (nSPS) is 13.2. The molecule has 7 heteroatoms. The van der Waals surface area contributed by atoms with Gasteiger partial charge in [0.25, 0.3) is 5.91 Å². The van der Waals surface area contributed by atoms with Gasteiger partial charge in [-0.2, -0.15) is 0 Å². The largest absolute Gasteiger partial charge is 0.506 e. The number of terminal acetylenes is 1. The molecule has 3 aromatic carbocycles. The van der Waals surface area contributed by atoms with Gasteiger partial charge in [0.1, 0.15) is 11.6 Å². The van der Waals surface area contributed by atoms with E-state index >= 15 is 0 Å². The molecule has 2 atom stereocenters. The van der Waals surface area contributed by atoms with Gasteiger partial charge in [-0.25, -0.2) is 9.18 Å². The van der Waals surface area contributed by atoms with Gasteiger partial charge in [0.15, 0.2) is 5.54 Å². The third-order valence-electron chi connectivity index (χ3n) is 5.02. The van der Waals surface area contributed by atoms with Crippen LogP contribution in [0.25, 0.3) is 0 Å². The van der Waals surface area contributed by atoms with E-state index in [1.807, 2.05) is 5.92 Å². The van der Waals surface area contributed by atoms with Crippen LogP contribution < -0.4 is 10.6 Å². The van der Waals surface area contributed by atoms with Gasteiger partial charge in [0, 0.05) is 0 Å². The zero-order valence-corrected chi connectivity index (χ0v) is 17.2. The molecule has 1 amide bonds. The molecule has 3 N–H and O–H groups in total. The monoisotopic (exact) mass is 432 g/mol. The Kier molecular flexibility index (Phi) is 6.76. The minimum atomic E-state index is -1.86. The lowest BCUT2D eigenvalue weighted by molar-refractivity contribution is -0.152. The van der Waals surface area contributed by atoms with Crippen LogP contribution in [0.3, 0.4) is 0 Å². The molecule has 0 aliphatic carbocycles. The standard InChI is InChI=1S/C25H21FN2O4/c1-3-22(30)28-25(24(31)32-2,18-9-5-4-6-10-18)23(17-13-15-19(26)16-14-17)27-20-11-7-8-12-21(20)29/h1,4-16,23,27,29H,2H3,(H,28,30)/t23-,25-/m0/s1. The van der Waals surface area contributed by atoms with Gasteiger partial charge in [-0.3, -0.25) is 4.79 Å². The highest BCUT2D eigenvalue weighted by atomic mass is 19.1. The minimum Gasteiger partial charge on any atom is -0.506 e. The van der Waals surface area contributed by atoms with E-state index in [1.165, 1.54) is 37.4 Å².